The molecule has 3 aliphatic carbocycles. The van der Waals surface area contributed by atoms with E-state index < -0.39 is 0 Å². The molecule has 52 heavy (non-hydrogen) atoms. The van der Waals surface area contributed by atoms with E-state index in [-0.39, 0.29) is 5.78 Å². The van der Waals surface area contributed by atoms with Crippen molar-refractivity contribution in [2.24, 2.45) is 0 Å². The Morgan fingerprint density at radius 3 is 2.12 bits per heavy atom. The maximum absolute atomic E-state index is 10.8. The maximum Gasteiger partial charge on any atom is 0.211 e. The number of nitrogens with zero attached hydrogens (tertiary/aromatic N) is 4. The topological polar surface area (TPSA) is 97.8 Å². The zero-order valence-corrected chi connectivity index (χ0v) is 29.8. The SMILES string of the molecule is CN1CCN(c2ccc3c(ccc4c5c(ccc43)CC(c3ccc4ccccc4c3N3CCOCC3)CC5)c2)CC1.N=[N+]=N.O=C1C2=CC=C1C=C2. The summed E-state index contributed by atoms with van der Waals surface area (Å²) >= 11 is 0. The standard InChI is InChI=1S/C37H39N3O.C7H4O.H2N3/c1-38-16-18-39(19-17-38)30-10-15-32-29(25-30)9-14-35-31-11-7-28(24-27(31)8-13-36(32)35)34-12-6-26-4-2-3-5-33(26)37(34)40-20-22-41-23-21-40;8-7-5-1-2-6(7)4-3-5;1-3-2/h2-6,8-10,12-15,25,28H,7,11,16-24H2,1H3;1-4H;1-2H/q;;+1. The first-order valence-electron chi connectivity index (χ1n) is 18.5. The minimum atomic E-state index is 0.185. The smallest absolute Gasteiger partial charge is 0.211 e. The van der Waals surface area contributed by atoms with Crippen molar-refractivity contribution in [3.05, 3.63) is 131 Å². The molecule has 5 aliphatic rings. The molecule has 262 valence electrons. The van der Waals surface area contributed by atoms with Crippen molar-refractivity contribution in [3.63, 3.8) is 0 Å². The molecule has 2 heterocycles. The highest BCUT2D eigenvalue weighted by atomic mass is 16.5. The molecule has 2 fully saturated rings. The molecular weight excluding hydrogens is 645 g/mol. The van der Waals surface area contributed by atoms with Crippen LogP contribution in [0.4, 0.5) is 11.4 Å². The molecule has 0 spiro atoms. The highest BCUT2D eigenvalue weighted by Crippen LogP contribution is 2.43. The first-order valence-corrected chi connectivity index (χ1v) is 18.5. The fraction of sp³-hybridized carbons (Fsp3) is 0.295. The molecular formula is C44H45N6O2+. The van der Waals surface area contributed by atoms with E-state index in [4.69, 9.17) is 15.8 Å². The average molecular weight is 690 g/mol. The second-order valence-electron chi connectivity index (χ2n) is 14.3. The lowest BCUT2D eigenvalue weighted by Crippen LogP contribution is -2.44. The summed E-state index contributed by atoms with van der Waals surface area (Å²) in [5.41, 5.74) is 20.1. The van der Waals surface area contributed by atoms with Crippen molar-refractivity contribution < 1.29 is 9.53 Å². The number of Topliss-reactive ketones (excluding diaryl/α,β-unsaturated/α-hetero) is 1. The monoisotopic (exact) mass is 689 g/mol. The van der Waals surface area contributed by atoms with E-state index in [9.17, 15) is 4.79 Å². The van der Waals surface area contributed by atoms with E-state index in [1.165, 1.54) is 61.2 Å². The van der Waals surface area contributed by atoms with E-state index in [1.807, 2.05) is 29.2 Å². The number of carbonyl (C=O) groups excluding carboxylic acids is 1. The number of likely N-dealkylation sites (N-methyl/N-ethyl adjacent to an activating group) is 1. The summed E-state index contributed by atoms with van der Waals surface area (Å²) < 4.78 is 5.73. The van der Waals surface area contributed by atoms with Crippen LogP contribution in [0, 0.1) is 11.1 Å². The van der Waals surface area contributed by atoms with Gasteiger partial charge in [-0.25, -0.2) is 0 Å². The van der Waals surface area contributed by atoms with Gasteiger partial charge in [0.05, 0.1) is 13.2 Å². The van der Waals surface area contributed by atoms with Crippen LogP contribution in [0.15, 0.2) is 114 Å². The third-order valence-electron chi connectivity index (χ3n) is 11.4. The third kappa shape index (κ3) is 6.46. The highest BCUT2D eigenvalue weighted by Gasteiger charge is 2.27. The number of benzene rings is 5. The summed E-state index contributed by atoms with van der Waals surface area (Å²) in [4.78, 5) is 20.3. The number of aryl methyl sites for hydroxylation is 1. The number of rotatable bonds is 3. The van der Waals surface area contributed by atoms with Gasteiger partial charge >= 0.3 is 0 Å². The lowest BCUT2D eigenvalue weighted by Gasteiger charge is -2.35. The van der Waals surface area contributed by atoms with Crippen LogP contribution in [-0.4, -0.2) is 70.2 Å². The molecule has 5 aromatic carbocycles. The number of ether oxygens (including phenoxy) is 1. The zero-order chi connectivity index (χ0) is 35.6. The number of carbonyl (C=O) groups is 1. The number of allylic oxidation sites excluding steroid dienone is 6. The van der Waals surface area contributed by atoms with Crippen molar-refractivity contribution in [3.8, 4) is 0 Å². The fourth-order valence-corrected chi connectivity index (χ4v) is 8.62. The van der Waals surface area contributed by atoms with Crippen molar-refractivity contribution in [2.75, 3.05) is 69.3 Å². The quantitative estimate of drug-likeness (QED) is 0.113. The summed E-state index contributed by atoms with van der Waals surface area (Å²) in [5, 5.41) is 8.32. The molecule has 2 bridgehead atoms. The molecule has 5 aromatic rings. The summed E-state index contributed by atoms with van der Waals surface area (Å²) in [6, 6.07) is 30.4. The van der Waals surface area contributed by atoms with Gasteiger partial charge in [-0.3, -0.25) is 4.79 Å². The van der Waals surface area contributed by atoms with E-state index in [2.05, 4.69) is 101 Å². The van der Waals surface area contributed by atoms with E-state index in [0.29, 0.717) is 5.92 Å². The predicted molar refractivity (Wildman–Crippen MR) is 211 cm³/mol. The molecule has 0 saturated carbocycles. The molecule has 8 heteroatoms. The van der Waals surface area contributed by atoms with Gasteiger partial charge in [-0.05, 0) is 88.0 Å². The van der Waals surface area contributed by atoms with E-state index >= 15 is 0 Å². The molecule has 2 aliphatic heterocycles. The van der Waals surface area contributed by atoms with Gasteiger partial charge in [0.15, 0.2) is 5.78 Å². The number of ketones is 1. The Balaban J connectivity index is 0.000000302. The first-order chi connectivity index (χ1) is 25.5. The van der Waals surface area contributed by atoms with Crippen LogP contribution in [-0.2, 0) is 22.4 Å². The number of anilines is 2. The normalized spacial score (nSPS) is 19.4. The first kappa shape index (κ1) is 33.7. The summed E-state index contributed by atoms with van der Waals surface area (Å²) in [6.45, 7) is 8.05. The lowest BCUT2D eigenvalue weighted by molar-refractivity contribution is -0.111. The molecule has 0 aromatic heterocycles. The molecule has 0 radical (unpaired) electrons. The van der Waals surface area contributed by atoms with Gasteiger partial charge in [0.1, 0.15) is 11.1 Å². The van der Waals surface area contributed by atoms with Crippen molar-refractivity contribution in [2.45, 2.75) is 25.2 Å². The number of hydrogen-bond acceptors (Lipinski definition) is 7. The largest absolute Gasteiger partial charge is 0.378 e. The number of fused-ring (bicyclic) bond motifs is 8. The van der Waals surface area contributed by atoms with Crippen LogP contribution in [0.1, 0.15) is 29.0 Å². The average Bonchev–Trinajstić information content (AvgIpc) is 3.73. The Bertz CT molecular complexity index is 2280. The molecule has 2 saturated heterocycles. The Morgan fingerprint density at radius 1 is 0.712 bits per heavy atom. The molecule has 1 unspecified atom stereocenters. The Kier molecular flexibility index (Phi) is 9.52. The maximum atomic E-state index is 10.8. The second-order valence-corrected chi connectivity index (χ2v) is 14.3. The van der Waals surface area contributed by atoms with Gasteiger partial charge in [-0.2, -0.15) is 0 Å². The summed E-state index contributed by atoms with van der Waals surface area (Å²) in [6.07, 6.45) is 10.8. The van der Waals surface area contributed by atoms with Crippen LogP contribution in [0.2, 0.25) is 0 Å². The number of morpholine rings is 1. The molecule has 10 rings (SSSR count). The minimum absolute atomic E-state index is 0.185. The number of hydrogen-bond donors (Lipinski definition) is 2. The van der Waals surface area contributed by atoms with Crippen LogP contribution < -0.4 is 14.7 Å². The zero-order valence-electron chi connectivity index (χ0n) is 29.8. The van der Waals surface area contributed by atoms with Crippen LogP contribution >= 0.6 is 0 Å². The Labute approximate surface area is 304 Å². The highest BCUT2D eigenvalue weighted by molar-refractivity contribution is 6.18. The van der Waals surface area contributed by atoms with Crippen LogP contribution in [0.5, 0.6) is 0 Å². The third-order valence-corrected chi connectivity index (χ3v) is 11.4. The van der Waals surface area contributed by atoms with Gasteiger partial charge < -0.3 is 19.4 Å². The van der Waals surface area contributed by atoms with Crippen molar-refractivity contribution in [1.82, 2.24) is 9.81 Å². The molecule has 2 N–H and O–H groups in total. The van der Waals surface area contributed by atoms with Crippen LogP contribution in [0.25, 0.3) is 32.3 Å². The van der Waals surface area contributed by atoms with Gasteiger partial charge in [-0.15, -0.1) is 0 Å². The van der Waals surface area contributed by atoms with Gasteiger partial charge in [0, 0.05) is 67.2 Å². The summed E-state index contributed by atoms with van der Waals surface area (Å²) in [7, 11) is 2.22. The minimum Gasteiger partial charge on any atom is -0.378 e. The molecule has 8 nitrogen and oxygen atoms in total. The van der Waals surface area contributed by atoms with Gasteiger partial charge in [-0.1, -0.05) is 91.0 Å². The summed E-state index contributed by atoms with van der Waals surface area (Å²) in [5.74, 6) is 0.721. The fourth-order valence-electron chi connectivity index (χ4n) is 8.62. The molecule has 0 amide bonds. The Hall–Kier alpha value is -5.40. The van der Waals surface area contributed by atoms with Gasteiger partial charge in [0.2, 0.25) is 4.91 Å². The second kappa shape index (κ2) is 14.7. The number of nitrogens with one attached hydrogen (secondary N) is 2. The van der Waals surface area contributed by atoms with Crippen molar-refractivity contribution >= 4 is 49.5 Å². The number of piperazine rings is 1. The van der Waals surface area contributed by atoms with E-state index in [0.717, 1.165) is 76.5 Å². The lowest BCUT2D eigenvalue weighted by atomic mass is 9.77. The Morgan fingerprint density at radius 2 is 1.40 bits per heavy atom. The molecule has 1 atom stereocenters. The predicted octanol–water partition coefficient (Wildman–Crippen LogP) is 8.11. The van der Waals surface area contributed by atoms with Crippen LogP contribution in [0.3, 0.4) is 0 Å². The van der Waals surface area contributed by atoms with E-state index in [1.54, 1.807) is 5.56 Å². The van der Waals surface area contributed by atoms with Crippen molar-refractivity contribution in [1.29, 1.82) is 11.1 Å². The van der Waals surface area contributed by atoms with Gasteiger partial charge in [0.25, 0.3) is 0 Å².